The second kappa shape index (κ2) is 7.12. The van der Waals surface area contributed by atoms with Crippen LogP contribution in [0.15, 0.2) is 24.3 Å². The molecule has 1 aliphatic rings. The highest BCUT2D eigenvalue weighted by Crippen LogP contribution is 2.08. The molecule has 1 saturated heterocycles. The molecule has 0 radical (unpaired) electrons. The van der Waals surface area contributed by atoms with Gasteiger partial charge in [-0.1, -0.05) is 19.1 Å². The highest BCUT2D eigenvalue weighted by molar-refractivity contribution is 7.91. The van der Waals surface area contributed by atoms with Crippen molar-refractivity contribution in [3.8, 4) is 0 Å². The largest absolute Gasteiger partial charge is 0.341 e. The van der Waals surface area contributed by atoms with Crippen LogP contribution in [-0.4, -0.2) is 55.8 Å². The predicted molar refractivity (Wildman–Crippen MR) is 88.0 cm³/mol. The van der Waals surface area contributed by atoms with Crippen LogP contribution in [0.25, 0.3) is 0 Å². The Labute approximate surface area is 136 Å². The van der Waals surface area contributed by atoms with Crippen LogP contribution < -0.4 is 5.32 Å². The molecule has 126 valence electrons. The van der Waals surface area contributed by atoms with Crippen molar-refractivity contribution in [1.82, 2.24) is 10.2 Å². The highest BCUT2D eigenvalue weighted by Gasteiger charge is 2.28. The van der Waals surface area contributed by atoms with E-state index in [0.717, 1.165) is 12.0 Å². The van der Waals surface area contributed by atoms with Crippen molar-refractivity contribution in [1.29, 1.82) is 0 Å². The molecule has 0 saturated carbocycles. The van der Waals surface area contributed by atoms with Crippen molar-refractivity contribution in [3.63, 3.8) is 0 Å². The number of rotatable bonds is 4. The zero-order chi connectivity index (χ0) is 17.0. The second-order valence-electron chi connectivity index (χ2n) is 5.72. The molecule has 0 bridgehead atoms. The molecule has 7 heteroatoms. The first-order valence-electron chi connectivity index (χ1n) is 7.71. The maximum Gasteiger partial charge on any atom is 0.251 e. The summed E-state index contributed by atoms with van der Waals surface area (Å²) in [6.45, 7) is 4.03. The summed E-state index contributed by atoms with van der Waals surface area (Å²) in [5.74, 6) is -0.591. The lowest BCUT2D eigenvalue weighted by molar-refractivity contribution is -0.132. The van der Waals surface area contributed by atoms with Gasteiger partial charge in [-0.3, -0.25) is 9.59 Å². The number of hydrogen-bond acceptors (Lipinski definition) is 4. The lowest BCUT2D eigenvalue weighted by atomic mass is 10.1. The normalized spacial score (nSPS) is 18.3. The summed E-state index contributed by atoms with van der Waals surface area (Å²) in [5, 5.41) is 2.67. The Morgan fingerprint density at radius 3 is 2.26 bits per heavy atom. The summed E-state index contributed by atoms with van der Waals surface area (Å²) in [6.07, 6.45) is 0.897. The Morgan fingerprint density at radius 1 is 1.17 bits per heavy atom. The van der Waals surface area contributed by atoms with Crippen LogP contribution in [0.3, 0.4) is 0 Å². The van der Waals surface area contributed by atoms with Gasteiger partial charge in [-0.25, -0.2) is 8.42 Å². The van der Waals surface area contributed by atoms with Crippen LogP contribution in [0.1, 0.15) is 29.8 Å². The van der Waals surface area contributed by atoms with Crippen molar-refractivity contribution in [2.24, 2.45) is 0 Å². The molecule has 1 aliphatic heterocycles. The Balaban J connectivity index is 1.93. The minimum atomic E-state index is -3.03. The van der Waals surface area contributed by atoms with Crippen molar-refractivity contribution >= 4 is 21.7 Å². The summed E-state index contributed by atoms with van der Waals surface area (Å²) in [7, 11) is -3.03. The molecular weight excluding hydrogens is 316 g/mol. The van der Waals surface area contributed by atoms with Crippen molar-refractivity contribution < 1.29 is 18.0 Å². The van der Waals surface area contributed by atoms with E-state index in [1.807, 2.05) is 19.1 Å². The van der Waals surface area contributed by atoms with Crippen LogP contribution in [0.5, 0.6) is 0 Å². The first-order valence-corrected chi connectivity index (χ1v) is 9.53. The summed E-state index contributed by atoms with van der Waals surface area (Å²) in [4.78, 5) is 26.0. The zero-order valence-electron chi connectivity index (χ0n) is 13.4. The Hall–Kier alpha value is -1.89. The van der Waals surface area contributed by atoms with E-state index in [0.29, 0.717) is 5.56 Å². The van der Waals surface area contributed by atoms with Crippen molar-refractivity contribution in [2.45, 2.75) is 26.3 Å². The Bertz CT molecular complexity index is 669. The molecule has 1 heterocycles. The minimum Gasteiger partial charge on any atom is -0.341 e. The molecule has 1 fully saturated rings. The molecule has 1 aromatic rings. The molecule has 1 N–H and O–H groups in total. The van der Waals surface area contributed by atoms with Gasteiger partial charge >= 0.3 is 0 Å². The van der Waals surface area contributed by atoms with E-state index in [1.54, 1.807) is 19.1 Å². The van der Waals surface area contributed by atoms with Gasteiger partial charge in [-0.05, 0) is 31.0 Å². The number of carbonyl (C=O) groups excluding carboxylic acids is 2. The molecule has 0 unspecified atom stereocenters. The summed E-state index contributed by atoms with van der Waals surface area (Å²) in [6, 6.07) is 6.56. The van der Waals surface area contributed by atoms with Gasteiger partial charge in [0.2, 0.25) is 5.91 Å². The fourth-order valence-corrected chi connectivity index (χ4v) is 3.64. The van der Waals surface area contributed by atoms with Gasteiger partial charge in [0.05, 0.1) is 11.5 Å². The average molecular weight is 338 g/mol. The molecule has 1 aromatic carbocycles. The third kappa shape index (κ3) is 4.54. The number of carbonyl (C=O) groups is 2. The molecule has 23 heavy (non-hydrogen) atoms. The number of aryl methyl sites for hydroxylation is 1. The average Bonchev–Trinajstić information content (AvgIpc) is 2.54. The number of nitrogens with zero attached hydrogens (tertiary/aromatic N) is 1. The quantitative estimate of drug-likeness (QED) is 0.872. The van der Waals surface area contributed by atoms with Crippen LogP contribution in [0.2, 0.25) is 0 Å². The van der Waals surface area contributed by atoms with Crippen LogP contribution in [0.4, 0.5) is 0 Å². The topological polar surface area (TPSA) is 83.6 Å². The molecule has 0 aliphatic carbocycles. The Morgan fingerprint density at radius 2 is 1.74 bits per heavy atom. The van der Waals surface area contributed by atoms with Gasteiger partial charge in [0.25, 0.3) is 5.91 Å². The molecule has 2 rings (SSSR count). The first kappa shape index (κ1) is 17.5. The second-order valence-corrected chi connectivity index (χ2v) is 8.03. The Kier molecular flexibility index (Phi) is 5.41. The number of hydrogen-bond donors (Lipinski definition) is 1. The van der Waals surface area contributed by atoms with Gasteiger partial charge < -0.3 is 10.2 Å². The monoisotopic (exact) mass is 338 g/mol. The van der Waals surface area contributed by atoms with Gasteiger partial charge in [0.15, 0.2) is 9.84 Å². The van der Waals surface area contributed by atoms with E-state index < -0.39 is 15.9 Å². The zero-order valence-corrected chi connectivity index (χ0v) is 14.2. The van der Waals surface area contributed by atoms with E-state index in [1.165, 1.54) is 4.90 Å². The third-order valence-corrected chi connectivity index (χ3v) is 5.61. The van der Waals surface area contributed by atoms with Gasteiger partial charge in [0, 0.05) is 18.7 Å². The minimum absolute atomic E-state index is 0.0160. The molecular formula is C16H22N2O4S. The molecule has 1 atom stereocenters. The van der Waals surface area contributed by atoms with E-state index in [4.69, 9.17) is 0 Å². The van der Waals surface area contributed by atoms with Crippen molar-refractivity contribution in [2.75, 3.05) is 24.6 Å². The summed E-state index contributed by atoms with van der Waals surface area (Å²) >= 11 is 0. The van der Waals surface area contributed by atoms with Gasteiger partial charge in [-0.15, -0.1) is 0 Å². The lowest BCUT2D eigenvalue weighted by Gasteiger charge is -2.29. The number of benzene rings is 1. The van der Waals surface area contributed by atoms with Crippen LogP contribution in [-0.2, 0) is 21.1 Å². The highest BCUT2D eigenvalue weighted by atomic mass is 32.2. The fraction of sp³-hybridized carbons (Fsp3) is 0.500. The molecule has 6 nitrogen and oxygen atoms in total. The SMILES string of the molecule is CCc1ccc(C(=O)N[C@H](C)C(=O)N2CCS(=O)(=O)CC2)cc1. The molecule has 0 spiro atoms. The number of sulfone groups is 1. The number of nitrogens with one attached hydrogen (secondary N) is 1. The van der Waals surface area contributed by atoms with Gasteiger partial charge in [0.1, 0.15) is 6.04 Å². The van der Waals surface area contributed by atoms with E-state index >= 15 is 0 Å². The van der Waals surface area contributed by atoms with Crippen molar-refractivity contribution in [3.05, 3.63) is 35.4 Å². The van der Waals surface area contributed by atoms with Gasteiger partial charge in [-0.2, -0.15) is 0 Å². The predicted octanol–water partition coefficient (Wildman–Crippen LogP) is 0.624. The summed E-state index contributed by atoms with van der Waals surface area (Å²) in [5.41, 5.74) is 1.64. The first-order chi connectivity index (χ1) is 10.8. The maximum absolute atomic E-state index is 12.3. The number of amides is 2. The van der Waals surface area contributed by atoms with Crippen LogP contribution >= 0.6 is 0 Å². The van der Waals surface area contributed by atoms with E-state index in [-0.39, 0.29) is 36.4 Å². The van der Waals surface area contributed by atoms with E-state index in [2.05, 4.69) is 5.32 Å². The maximum atomic E-state index is 12.3. The standard InChI is InChI=1S/C16H22N2O4S/c1-3-13-4-6-14(7-5-13)15(19)17-12(2)16(20)18-8-10-23(21,22)11-9-18/h4-7,12H,3,8-11H2,1-2H3,(H,17,19)/t12-/m1/s1. The lowest BCUT2D eigenvalue weighted by Crippen LogP contribution is -2.51. The smallest absolute Gasteiger partial charge is 0.251 e. The van der Waals surface area contributed by atoms with E-state index in [9.17, 15) is 18.0 Å². The third-order valence-electron chi connectivity index (χ3n) is 4.00. The molecule has 0 aromatic heterocycles. The van der Waals surface area contributed by atoms with Crippen LogP contribution in [0, 0.1) is 0 Å². The fourth-order valence-electron chi connectivity index (χ4n) is 2.44. The summed E-state index contributed by atoms with van der Waals surface area (Å²) < 4.78 is 22.8. The molecule has 2 amide bonds.